The van der Waals surface area contributed by atoms with Crippen molar-refractivity contribution in [3.63, 3.8) is 0 Å². The second kappa shape index (κ2) is 6.31. The fraction of sp³-hybridized carbons (Fsp3) is 0.368. The lowest BCUT2D eigenvalue weighted by Gasteiger charge is -2.28. The zero-order chi connectivity index (χ0) is 15.5. The van der Waals surface area contributed by atoms with E-state index in [0.29, 0.717) is 6.61 Å². The Morgan fingerprint density at radius 2 is 1.71 bits per heavy atom. The Labute approximate surface area is 127 Å². The van der Waals surface area contributed by atoms with Gasteiger partial charge in [-0.2, -0.15) is 0 Å². The molecule has 0 aliphatic rings. The van der Waals surface area contributed by atoms with Gasteiger partial charge in [-0.25, -0.2) is 0 Å². The molecule has 0 saturated heterocycles. The maximum absolute atomic E-state index is 10.6. The van der Waals surface area contributed by atoms with Gasteiger partial charge in [0, 0.05) is 5.56 Å². The van der Waals surface area contributed by atoms with Crippen LogP contribution in [0.2, 0.25) is 0 Å². The van der Waals surface area contributed by atoms with Crippen molar-refractivity contribution >= 4 is 0 Å². The van der Waals surface area contributed by atoms with Crippen LogP contribution in [0.1, 0.15) is 43.6 Å². The lowest BCUT2D eigenvalue weighted by molar-refractivity contribution is 0.0594. The summed E-state index contributed by atoms with van der Waals surface area (Å²) in [7, 11) is 0. The number of hydrogen-bond donors (Lipinski definition) is 1. The maximum Gasteiger partial charge on any atom is 0.125 e. The molecule has 0 aromatic heterocycles. The third-order valence-corrected chi connectivity index (χ3v) is 3.52. The van der Waals surface area contributed by atoms with Gasteiger partial charge in [0.05, 0.1) is 6.10 Å². The van der Waals surface area contributed by atoms with Gasteiger partial charge in [-0.1, -0.05) is 62.7 Å². The summed E-state index contributed by atoms with van der Waals surface area (Å²) < 4.78 is 5.93. The third kappa shape index (κ3) is 4.08. The van der Waals surface area contributed by atoms with E-state index in [9.17, 15) is 5.11 Å². The highest BCUT2D eigenvalue weighted by atomic mass is 16.5. The largest absolute Gasteiger partial charge is 0.489 e. The summed E-state index contributed by atoms with van der Waals surface area (Å²) in [5.74, 6) is 0.756. The molecule has 1 unspecified atom stereocenters. The molecule has 2 heteroatoms. The first-order valence-corrected chi connectivity index (χ1v) is 7.33. The Bertz CT molecular complexity index is 582. The molecular weight excluding hydrogens is 260 g/mol. The maximum atomic E-state index is 10.6. The Morgan fingerprint density at radius 1 is 1.05 bits per heavy atom. The molecule has 21 heavy (non-hydrogen) atoms. The number of aliphatic hydroxyl groups is 1. The number of benzene rings is 2. The van der Waals surface area contributed by atoms with Crippen LogP contribution in [0, 0.1) is 12.3 Å². The predicted molar refractivity (Wildman–Crippen MR) is 86.4 cm³/mol. The molecule has 0 bridgehead atoms. The molecule has 2 nitrogen and oxygen atoms in total. The van der Waals surface area contributed by atoms with Crippen molar-refractivity contribution in [2.75, 3.05) is 0 Å². The molecule has 0 radical (unpaired) electrons. The molecule has 112 valence electrons. The van der Waals surface area contributed by atoms with E-state index in [-0.39, 0.29) is 5.41 Å². The first kappa shape index (κ1) is 15.6. The van der Waals surface area contributed by atoms with Crippen molar-refractivity contribution in [1.82, 2.24) is 0 Å². The van der Waals surface area contributed by atoms with Gasteiger partial charge in [0.15, 0.2) is 0 Å². The quantitative estimate of drug-likeness (QED) is 0.885. The number of hydrogen-bond acceptors (Lipinski definition) is 2. The van der Waals surface area contributed by atoms with Gasteiger partial charge in [-0.3, -0.25) is 0 Å². The number of aliphatic hydroxyl groups excluding tert-OH is 1. The van der Waals surface area contributed by atoms with Crippen molar-refractivity contribution in [3.05, 3.63) is 65.2 Å². The Kier molecular flexibility index (Phi) is 4.69. The average molecular weight is 284 g/mol. The van der Waals surface area contributed by atoms with Gasteiger partial charge in [0.2, 0.25) is 0 Å². The minimum atomic E-state index is -0.553. The van der Waals surface area contributed by atoms with Crippen LogP contribution in [0.15, 0.2) is 48.5 Å². The molecule has 0 aliphatic heterocycles. The molecule has 1 N–H and O–H groups in total. The van der Waals surface area contributed by atoms with Gasteiger partial charge >= 0.3 is 0 Å². The van der Waals surface area contributed by atoms with Crippen molar-refractivity contribution in [2.24, 2.45) is 5.41 Å². The Hall–Kier alpha value is -1.80. The molecule has 0 saturated carbocycles. The van der Waals surface area contributed by atoms with Crippen LogP contribution in [0.25, 0.3) is 0 Å². The van der Waals surface area contributed by atoms with Crippen LogP contribution in [0.5, 0.6) is 5.75 Å². The van der Waals surface area contributed by atoms with Crippen LogP contribution in [-0.4, -0.2) is 5.11 Å². The normalized spacial score (nSPS) is 13.0. The van der Waals surface area contributed by atoms with E-state index in [4.69, 9.17) is 4.74 Å². The van der Waals surface area contributed by atoms with E-state index in [2.05, 4.69) is 0 Å². The van der Waals surface area contributed by atoms with Crippen LogP contribution < -0.4 is 4.74 Å². The first-order chi connectivity index (χ1) is 9.88. The van der Waals surface area contributed by atoms with Gasteiger partial charge in [-0.15, -0.1) is 0 Å². The van der Waals surface area contributed by atoms with Crippen LogP contribution in [-0.2, 0) is 6.61 Å². The summed E-state index contributed by atoms with van der Waals surface area (Å²) in [6.45, 7) is 8.62. The molecule has 0 aliphatic carbocycles. The van der Waals surface area contributed by atoms with E-state index < -0.39 is 6.10 Å². The molecule has 2 rings (SSSR count). The van der Waals surface area contributed by atoms with Crippen LogP contribution >= 0.6 is 0 Å². The van der Waals surface area contributed by atoms with Gasteiger partial charge in [0.1, 0.15) is 12.4 Å². The van der Waals surface area contributed by atoms with Crippen molar-refractivity contribution in [1.29, 1.82) is 0 Å². The summed E-state index contributed by atoms with van der Waals surface area (Å²) in [5, 5.41) is 10.6. The third-order valence-electron chi connectivity index (χ3n) is 3.52. The molecule has 0 fully saturated rings. The molecule has 0 spiro atoms. The molecule has 1 atom stereocenters. The monoisotopic (exact) mass is 284 g/mol. The second-order valence-electron chi connectivity index (χ2n) is 6.58. The molecule has 2 aromatic rings. The lowest BCUT2D eigenvalue weighted by Crippen LogP contribution is -2.18. The highest BCUT2D eigenvalue weighted by molar-refractivity contribution is 5.39. The molecule has 0 heterocycles. The van der Waals surface area contributed by atoms with Crippen LogP contribution in [0.4, 0.5) is 0 Å². The smallest absolute Gasteiger partial charge is 0.125 e. The number of aryl methyl sites for hydroxylation is 1. The minimum absolute atomic E-state index is 0.224. The number of ether oxygens (including phenoxy) is 1. The molecule has 0 amide bonds. The van der Waals surface area contributed by atoms with E-state index in [1.54, 1.807) is 0 Å². The topological polar surface area (TPSA) is 29.5 Å². The van der Waals surface area contributed by atoms with Crippen molar-refractivity contribution < 1.29 is 9.84 Å². The molecule has 2 aromatic carbocycles. The first-order valence-electron chi connectivity index (χ1n) is 7.33. The average Bonchev–Trinajstić information content (AvgIpc) is 2.45. The highest BCUT2D eigenvalue weighted by Gasteiger charge is 2.26. The molecular formula is C19H24O2. The summed E-state index contributed by atoms with van der Waals surface area (Å²) in [5.41, 5.74) is 2.88. The zero-order valence-electron chi connectivity index (χ0n) is 13.3. The second-order valence-corrected chi connectivity index (χ2v) is 6.58. The van der Waals surface area contributed by atoms with Crippen molar-refractivity contribution in [3.8, 4) is 5.75 Å². The summed E-state index contributed by atoms with van der Waals surface area (Å²) in [6.07, 6.45) is -0.553. The fourth-order valence-electron chi connectivity index (χ4n) is 2.21. The lowest BCUT2D eigenvalue weighted by atomic mass is 9.84. The Morgan fingerprint density at radius 3 is 2.33 bits per heavy atom. The van der Waals surface area contributed by atoms with E-state index in [0.717, 1.165) is 22.4 Å². The van der Waals surface area contributed by atoms with Gasteiger partial charge in [0.25, 0.3) is 0 Å². The number of rotatable bonds is 4. The fourth-order valence-corrected chi connectivity index (χ4v) is 2.21. The zero-order valence-corrected chi connectivity index (χ0v) is 13.3. The van der Waals surface area contributed by atoms with E-state index in [1.807, 2.05) is 76.2 Å². The van der Waals surface area contributed by atoms with Gasteiger partial charge < -0.3 is 9.84 Å². The van der Waals surface area contributed by atoms with Crippen molar-refractivity contribution in [2.45, 2.75) is 40.4 Å². The van der Waals surface area contributed by atoms with E-state index in [1.165, 1.54) is 0 Å². The van der Waals surface area contributed by atoms with E-state index >= 15 is 0 Å². The summed E-state index contributed by atoms with van der Waals surface area (Å²) in [6, 6.07) is 16.0. The summed E-state index contributed by atoms with van der Waals surface area (Å²) in [4.78, 5) is 0. The Balaban J connectivity index is 2.23. The van der Waals surface area contributed by atoms with Gasteiger partial charge in [-0.05, 0) is 30.0 Å². The predicted octanol–water partition coefficient (Wildman–Crippen LogP) is 4.65. The summed E-state index contributed by atoms with van der Waals surface area (Å²) >= 11 is 0. The van der Waals surface area contributed by atoms with Crippen LogP contribution in [0.3, 0.4) is 0 Å². The highest BCUT2D eigenvalue weighted by Crippen LogP contribution is 2.38. The SMILES string of the molecule is Cc1ccc(OCc2ccccc2)c(C(O)C(C)(C)C)c1. The standard InChI is InChI=1S/C19H24O2/c1-14-10-11-17(16(12-14)18(20)19(2,3)4)21-13-15-8-6-5-7-9-15/h5-12,18,20H,13H2,1-4H3. The minimum Gasteiger partial charge on any atom is -0.489 e.